The Kier molecular flexibility index (Phi) is 5.95. The highest BCUT2D eigenvalue weighted by atomic mass is 35.5. The van der Waals surface area contributed by atoms with Gasteiger partial charge in [-0.25, -0.2) is 4.68 Å². The summed E-state index contributed by atoms with van der Waals surface area (Å²) < 4.78 is 13.2. The second-order valence-electron chi connectivity index (χ2n) is 7.50. The van der Waals surface area contributed by atoms with E-state index in [1.54, 1.807) is 10.9 Å². The normalized spacial score (nSPS) is 13.2. The Labute approximate surface area is 180 Å². The first-order valence-corrected chi connectivity index (χ1v) is 10.4. The molecule has 7 heteroatoms. The van der Waals surface area contributed by atoms with Gasteiger partial charge in [-0.15, -0.1) is 0 Å². The van der Waals surface area contributed by atoms with E-state index in [1.807, 2.05) is 56.3 Å². The molecule has 0 spiro atoms. The predicted octanol–water partition coefficient (Wildman–Crippen LogP) is 4.74. The van der Waals surface area contributed by atoms with E-state index in [0.717, 1.165) is 34.9 Å². The van der Waals surface area contributed by atoms with Crippen LogP contribution in [0.1, 0.15) is 47.8 Å². The molecule has 0 fully saturated rings. The van der Waals surface area contributed by atoms with Crippen molar-refractivity contribution < 1.29 is 14.3 Å². The Morgan fingerprint density at radius 2 is 1.97 bits per heavy atom. The number of nitrogens with one attached hydrogen (secondary N) is 1. The Hall–Kier alpha value is -2.99. The molecule has 30 heavy (non-hydrogen) atoms. The van der Waals surface area contributed by atoms with Crippen LogP contribution in [-0.4, -0.2) is 28.9 Å². The summed E-state index contributed by atoms with van der Waals surface area (Å²) in [7, 11) is 0. The third-order valence-electron chi connectivity index (χ3n) is 4.92. The molecule has 2 heterocycles. The minimum Gasteiger partial charge on any atom is -0.490 e. The zero-order chi connectivity index (χ0) is 21.1. The molecule has 1 aliphatic heterocycles. The number of carbonyl (C=O) groups is 1. The minimum atomic E-state index is -0.168. The maximum atomic E-state index is 13.0. The van der Waals surface area contributed by atoms with E-state index in [-0.39, 0.29) is 11.8 Å². The second-order valence-corrected chi connectivity index (χ2v) is 7.94. The molecule has 1 aromatic heterocycles. The number of hydrogen-bond acceptors (Lipinski definition) is 4. The van der Waals surface area contributed by atoms with Crippen LogP contribution in [0.2, 0.25) is 5.02 Å². The molecule has 2 aromatic carbocycles. The maximum absolute atomic E-state index is 13.0. The van der Waals surface area contributed by atoms with Crippen LogP contribution in [0.5, 0.6) is 11.5 Å². The van der Waals surface area contributed by atoms with Gasteiger partial charge in [-0.3, -0.25) is 4.79 Å². The molecule has 156 valence electrons. The summed E-state index contributed by atoms with van der Waals surface area (Å²) in [6.45, 7) is 5.74. The SMILES string of the molecule is CC(C)c1c(C(=O)NCc2ccc3c(c2)OCCCO3)cnn1-c1cccc(Cl)c1. The number of fused-ring (bicyclic) bond motifs is 1. The van der Waals surface area contributed by atoms with Crippen molar-refractivity contribution in [2.45, 2.75) is 32.7 Å². The monoisotopic (exact) mass is 425 g/mol. The van der Waals surface area contributed by atoms with Crippen LogP contribution < -0.4 is 14.8 Å². The number of amides is 1. The van der Waals surface area contributed by atoms with Crippen LogP contribution in [0, 0.1) is 0 Å². The summed E-state index contributed by atoms with van der Waals surface area (Å²) in [6.07, 6.45) is 2.47. The number of nitrogens with zero attached hydrogens (tertiary/aromatic N) is 2. The van der Waals surface area contributed by atoms with Crippen molar-refractivity contribution in [3.05, 3.63) is 70.5 Å². The first-order chi connectivity index (χ1) is 14.5. The average Bonchev–Trinajstić information content (AvgIpc) is 3.05. The van der Waals surface area contributed by atoms with Crippen LogP contribution in [0.4, 0.5) is 0 Å². The van der Waals surface area contributed by atoms with Crippen molar-refractivity contribution >= 4 is 17.5 Å². The highest BCUT2D eigenvalue weighted by Gasteiger charge is 2.21. The molecular weight excluding hydrogens is 402 g/mol. The van der Waals surface area contributed by atoms with Crippen LogP contribution in [0.3, 0.4) is 0 Å². The molecule has 1 aliphatic rings. The van der Waals surface area contributed by atoms with Crippen LogP contribution in [-0.2, 0) is 6.54 Å². The number of aromatic nitrogens is 2. The molecule has 6 nitrogen and oxygen atoms in total. The van der Waals surface area contributed by atoms with Crippen LogP contribution >= 0.6 is 11.6 Å². The highest BCUT2D eigenvalue weighted by molar-refractivity contribution is 6.30. The second kappa shape index (κ2) is 8.79. The molecule has 0 bridgehead atoms. The van der Waals surface area contributed by atoms with Gasteiger partial charge in [-0.2, -0.15) is 5.10 Å². The van der Waals surface area contributed by atoms with Gasteiger partial charge in [-0.05, 0) is 41.8 Å². The van der Waals surface area contributed by atoms with Gasteiger partial charge < -0.3 is 14.8 Å². The zero-order valence-electron chi connectivity index (χ0n) is 17.0. The smallest absolute Gasteiger partial charge is 0.255 e. The zero-order valence-corrected chi connectivity index (χ0v) is 17.8. The molecule has 0 atom stereocenters. The summed E-state index contributed by atoms with van der Waals surface area (Å²) in [4.78, 5) is 13.0. The first kappa shape index (κ1) is 20.3. The Morgan fingerprint density at radius 1 is 1.17 bits per heavy atom. The predicted molar refractivity (Wildman–Crippen MR) is 116 cm³/mol. The number of ether oxygens (including phenoxy) is 2. The van der Waals surface area contributed by atoms with Gasteiger partial charge in [0.15, 0.2) is 11.5 Å². The molecule has 3 aromatic rings. The van der Waals surface area contributed by atoms with Gasteiger partial charge in [0.05, 0.1) is 36.4 Å². The molecule has 0 saturated carbocycles. The van der Waals surface area contributed by atoms with Crippen molar-refractivity contribution in [2.24, 2.45) is 0 Å². The molecule has 4 rings (SSSR count). The fourth-order valence-corrected chi connectivity index (χ4v) is 3.68. The summed E-state index contributed by atoms with van der Waals surface area (Å²) in [5, 5.41) is 8.07. The summed E-state index contributed by atoms with van der Waals surface area (Å²) in [5.74, 6) is 1.40. The first-order valence-electron chi connectivity index (χ1n) is 10.0. The largest absolute Gasteiger partial charge is 0.490 e. The van der Waals surface area contributed by atoms with Crippen molar-refractivity contribution in [2.75, 3.05) is 13.2 Å². The quantitative estimate of drug-likeness (QED) is 0.641. The fraction of sp³-hybridized carbons (Fsp3) is 0.304. The summed E-state index contributed by atoms with van der Waals surface area (Å²) >= 11 is 6.13. The lowest BCUT2D eigenvalue weighted by atomic mass is 10.0. The van der Waals surface area contributed by atoms with Gasteiger partial charge >= 0.3 is 0 Å². The van der Waals surface area contributed by atoms with Crippen LogP contribution in [0.15, 0.2) is 48.7 Å². The Balaban J connectivity index is 1.53. The van der Waals surface area contributed by atoms with E-state index < -0.39 is 0 Å². The molecule has 1 N–H and O–H groups in total. The lowest BCUT2D eigenvalue weighted by Gasteiger charge is -2.14. The number of carbonyl (C=O) groups excluding carboxylic acids is 1. The van der Waals surface area contributed by atoms with Crippen molar-refractivity contribution in [1.82, 2.24) is 15.1 Å². The van der Waals surface area contributed by atoms with E-state index in [0.29, 0.717) is 30.3 Å². The molecule has 0 unspecified atom stereocenters. The van der Waals surface area contributed by atoms with Gasteiger partial charge in [0, 0.05) is 18.0 Å². The van der Waals surface area contributed by atoms with Crippen molar-refractivity contribution in [1.29, 1.82) is 0 Å². The average molecular weight is 426 g/mol. The van der Waals surface area contributed by atoms with E-state index in [2.05, 4.69) is 10.4 Å². The third kappa shape index (κ3) is 4.28. The highest BCUT2D eigenvalue weighted by Crippen LogP contribution is 2.30. The number of hydrogen-bond donors (Lipinski definition) is 1. The number of rotatable bonds is 5. The van der Waals surface area contributed by atoms with Gasteiger partial charge in [-0.1, -0.05) is 37.6 Å². The minimum absolute atomic E-state index is 0.102. The topological polar surface area (TPSA) is 65.4 Å². The van der Waals surface area contributed by atoms with E-state index in [4.69, 9.17) is 21.1 Å². The van der Waals surface area contributed by atoms with Gasteiger partial charge in [0.1, 0.15) is 0 Å². The van der Waals surface area contributed by atoms with E-state index >= 15 is 0 Å². The van der Waals surface area contributed by atoms with Gasteiger partial charge in [0.25, 0.3) is 5.91 Å². The number of benzene rings is 2. The van der Waals surface area contributed by atoms with Crippen molar-refractivity contribution in [3.63, 3.8) is 0 Å². The third-order valence-corrected chi connectivity index (χ3v) is 5.15. The maximum Gasteiger partial charge on any atom is 0.255 e. The van der Waals surface area contributed by atoms with E-state index in [1.165, 1.54) is 0 Å². The van der Waals surface area contributed by atoms with Crippen LogP contribution in [0.25, 0.3) is 5.69 Å². The molecule has 1 amide bonds. The summed E-state index contributed by atoms with van der Waals surface area (Å²) in [6, 6.07) is 13.2. The fourth-order valence-electron chi connectivity index (χ4n) is 3.50. The molecule has 0 radical (unpaired) electrons. The number of halogens is 1. The Morgan fingerprint density at radius 3 is 2.73 bits per heavy atom. The molecule has 0 saturated heterocycles. The molecule has 0 aliphatic carbocycles. The lowest BCUT2D eigenvalue weighted by molar-refractivity contribution is 0.0949. The molecular formula is C23H24ClN3O3. The summed E-state index contributed by atoms with van der Waals surface area (Å²) in [5.41, 5.74) is 3.17. The van der Waals surface area contributed by atoms with Crippen molar-refractivity contribution in [3.8, 4) is 17.2 Å². The lowest BCUT2D eigenvalue weighted by Crippen LogP contribution is -2.24. The van der Waals surface area contributed by atoms with Gasteiger partial charge in [0.2, 0.25) is 0 Å². The Bertz CT molecular complexity index is 1060. The standard InChI is InChI=1S/C23H24ClN3O3/c1-15(2)22-19(14-26-27(22)18-6-3-5-17(24)12-18)23(28)25-13-16-7-8-20-21(11-16)30-10-4-9-29-20/h3,5-8,11-12,14-15H,4,9-10,13H2,1-2H3,(H,25,28). The van der Waals surface area contributed by atoms with E-state index in [9.17, 15) is 4.79 Å².